The minimum absolute atomic E-state index is 0.209. The molecule has 4 aromatic rings. The molecule has 0 unspecified atom stereocenters. The highest BCUT2D eigenvalue weighted by Gasteiger charge is 2.23. The quantitative estimate of drug-likeness (QED) is 0.397. The topological polar surface area (TPSA) is 80.5 Å². The van der Waals surface area contributed by atoms with Gasteiger partial charge in [-0.05, 0) is 54.6 Å². The zero-order chi connectivity index (χ0) is 20.6. The zero-order valence-corrected chi connectivity index (χ0v) is 18.4. The normalized spacial score (nSPS) is 11.7. The number of amides is 1. The number of hydrogen-bond acceptors (Lipinski definition) is 6. The lowest BCUT2D eigenvalue weighted by molar-refractivity contribution is 0.0983. The van der Waals surface area contributed by atoms with Crippen molar-refractivity contribution in [3.8, 4) is 0 Å². The first-order valence-corrected chi connectivity index (χ1v) is 12.0. The van der Waals surface area contributed by atoms with Crippen molar-refractivity contribution in [2.24, 2.45) is 0 Å². The first-order chi connectivity index (χ1) is 13.8. The predicted octanol–water partition coefficient (Wildman–Crippen LogP) is 4.90. The van der Waals surface area contributed by atoms with E-state index in [1.807, 2.05) is 0 Å². The molecule has 29 heavy (non-hydrogen) atoms. The molecule has 1 amide bonds. The van der Waals surface area contributed by atoms with Gasteiger partial charge in [0.2, 0.25) is 0 Å². The molecule has 0 N–H and O–H groups in total. The molecule has 0 aliphatic rings. The van der Waals surface area contributed by atoms with Crippen LogP contribution in [0.3, 0.4) is 0 Å². The molecule has 0 saturated carbocycles. The van der Waals surface area contributed by atoms with Crippen LogP contribution in [0.2, 0.25) is 0 Å². The van der Waals surface area contributed by atoms with E-state index in [0.717, 1.165) is 10.7 Å². The van der Waals surface area contributed by atoms with Crippen molar-refractivity contribution in [2.75, 3.05) is 11.2 Å². The van der Waals surface area contributed by atoms with E-state index in [2.05, 4.69) is 20.9 Å². The zero-order valence-electron chi connectivity index (χ0n) is 15.2. The second-order valence-electron chi connectivity index (χ2n) is 6.38. The van der Waals surface area contributed by atoms with Crippen molar-refractivity contribution in [3.63, 3.8) is 0 Å². The third-order valence-electron chi connectivity index (χ3n) is 4.24. The molecule has 0 bridgehead atoms. The molecule has 2 aromatic carbocycles. The molecule has 4 rings (SSSR count). The molecular formula is C20H15BrN2O4S2. The summed E-state index contributed by atoms with van der Waals surface area (Å²) in [5, 5.41) is 0.468. The second kappa shape index (κ2) is 7.74. The number of thiazole rings is 1. The maximum absolute atomic E-state index is 13.2. The number of fused-ring (bicyclic) bond motifs is 1. The molecule has 0 saturated heterocycles. The van der Waals surface area contributed by atoms with Crippen LogP contribution in [0.4, 0.5) is 5.13 Å². The van der Waals surface area contributed by atoms with Crippen molar-refractivity contribution in [2.45, 2.75) is 11.4 Å². The molecule has 6 nitrogen and oxygen atoms in total. The lowest BCUT2D eigenvalue weighted by Crippen LogP contribution is -2.30. The number of anilines is 1. The summed E-state index contributed by atoms with van der Waals surface area (Å²) < 4.78 is 30.7. The lowest BCUT2D eigenvalue weighted by Gasteiger charge is -2.18. The van der Waals surface area contributed by atoms with E-state index in [4.69, 9.17) is 4.42 Å². The summed E-state index contributed by atoms with van der Waals surface area (Å²) in [6, 6.07) is 15.4. The van der Waals surface area contributed by atoms with Crippen molar-refractivity contribution >= 4 is 58.4 Å². The van der Waals surface area contributed by atoms with Gasteiger partial charge in [-0.1, -0.05) is 27.3 Å². The maximum atomic E-state index is 13.2. The van der Waals surface area contributed by atoms with E-state index in [1.165, 1.54) is 22.3 Å². The van der Waals surface area contributed by atoms with Gasteiger partial charge in [0, 0.05) is 16.3 Å². The number of hydrogen-bond donors (Lipinski definition) is 0. The molecule has 0 atom stereocenters. The summed E-state index contributed by atoms with van der Waals surface area (Å²) in [6.45, 7) is 0.209. The summed E-state index contributed by atoms with van der Waals surface area (Å²) in [4.78, 5) is 19.5. The van der Waals surface area contributed by atoms with Crippen LogP contribution in [-0.2, 0) is 16.4 Å². The lowest BCUT2D eigenvalue weighted by atomic mass is 10.2. The fourth-order valence-electron chi connectivity index (χ4n) is 2.77. The SMILES string of the molecule is CS(=O)(=O)c1ccc2nc(N(Cc3ccco3)C(=O)c3ccc(Br)cc3)sc2c1. The molecule has 9 heteroatoms. The van der Waals surface area contributed by atoms with Crippen LogP contribution in [0.5, 0.6) is 0 Å². The second-order valence-corrected chi connectivity index (χ2v) is 10.3. The molecule has 0 spiro atoms. The van der Waals surface area contributed by atoms with Gasteiger partial charge in [-0.2, -0.15) is 0 Å². The number of carbonyl (C=O) groups excluding carboxylic acids is 1. The Morgan fingerprint density at radius 2 is 1.93 bits per heavy atom. The van der Waals surface area contributed by atoms with Crippen LogP contribution < -0.4 is 4.90 Å². The summed E-state index contributed by atoms with van der Waals surface area (Å²) in [5.74, 6) is 0.392. The van der Waals surface area contributed by atoms with E-state index in [-0.39, 0.29) is 17.3 Å². The Hall–Kier alpha value is -2.49. The van der Waals surface area contributed by atoms with E-state index in [9.17, 15) is 13.2 Å². The van der Waals surface area contributed by atoms with Crippen molar-refractivity contribution in [1.82, 2.24) is 4.98 Å². The number of nitrogens with zero attached hydrogens (tertiary/aromatic N) is 2. The summed E-state index contributed by atoms with van der Waals surface area (Å²) in [7, 11) is -3.33. The third kappa shape index (κ3) is 4.26. The fraction of sp³-hybridized carbons (Fsp3) is 0.100. The average Bonchev–Trinajstić information content (AvgIpc) is 3.34. The summed E-state index contributed by atoms with van der Waals surface area (Å²) in [5.41, 5.74) is 1.14. The Morgan fingerprint density at radius 1 is 1.17 bits per heavy atom. The van der Waals surface area contributed by atoms with E-state index in [0.29, 0.717) is 26.7 Å². The number of sulfone groups is 1. The monoisotopic (exact) mass is 490 g/mol. The van der Waals surface area contributed by atoms with Gasteiger partial charge in [-0.3, -0.25) is 9.69 Å². The predicted molar refractivity (Wildman–Crippen MR) is 116 cm³/mol. The molecule has 0 radical (unpaired) electrons. The van der Waals surface area contributed by atoms with Crippen LogP contribution in [0.25, 0.3) is 10.2 Å². The highest BCUT2D eigenvalue weighted by atomic mass is 79.9. The fourth-order valence-corrected chi connectivity index (χ4v) is 4.76. The molecule has 2 heterocycles. The molecular weight excluding hydrogens is 476 g/mol. The Balaban J connectivity index is 1.77. The van der Waals surface area contributed by atoms with Crippen molar-refractivity contribution in [3.05, 3.63) is 76.7 Å². The van der Waals surface area contributed by atoms with Crippen LogP contribution in [0.15, 0.2) is 74.6 Å². The minimum atomic E-state index is -3.33. The standard InChI is InChI=1S/C20H15BrN2O4S2/c1-29(25,26)16-8-9-17-18(11-16)28-20(22-17)23(12-15-3-2-10-27-15)19(24)13-4-6-14(21)7-5-13/h2-11H,12H2,1H3. The van der Waals surface area contributed by atoms with Crippen molar-refractivity contribution < 1.29 is 17.6 Å². The van der Waals surface area contributed by atoms with Crippen LogP contribution in [0.1, 0.15) is 16.1 Å². The Kier molecular flexibility index (Phi) is 5.28. The molecule has 2 aromatic heterocycles. The highest BCUT2D eigenvalue weighted by Crippen LogP contribution is 2.32. The largest absolute Gasteiger partial charge is 0.467 e. The van der Waals surface area contributed by atoms with Gasteiger partial charge in [0.05, 0.1) is 27.9 Å². The van der Waals surface area contributed by atoms with E-state index in [1.54, 1.807) is 54.8 Å². The number of benzene rings is 2. The van der Waals surface area contributed by atoms with Crippen molar-refractivity contribution in [1.29, 1.82) is 0 Å². The number of aromatic nitrogens is 1. The summed E-state index contributed by atoms with van der Waals surface area (Å²) in [6.07, 6.45) is 2.71. The van der Waals surface area contributed by atoms with Gasteiger partial charge in [0.15, 0.2) is 15.0 Å². The van der Waals surface area contributed by atoms with E-state index >= 15 is 0 Å². The first-order valence-electron chi connectivity index (χ1n) is 8.52. The average molecular weight is 491 g/mol. The minimum Gasteiger partial charge on any atom is -0.467 e. The van der Waals surface area contributed by atoms with E-state index < -0.39 is 9.84 Å². The van der Waals surface area contributed by atoms with Gasteiger partial charge in [0.25, 0.3) is 5.91 Å². The smallest absolute Gasteiger partial charge is 0.260 e. The summed E-state index contributed by atoms with van der Waals surface area (Å²) >= 11 is 4.63. The highest BCUT2D eigenvalue weighted by molar-refractivity contribution is 9.10. The Morgan fingerprint density at radius 3 is 2.59 bits per heavy atom. The van der Waals surface area contributed by atoms with Crippen LogP contribution in [-0.4, -0.2) is 25.6 Å². The Bertz CT molecular complexity index is 1280. The molecule has 0 fully saturated rings. The van der Waals surface area contributed by atoms with Crippen LogP contribution in [0, 0.1) is 0 Å². The Labute approximate surface area is 179 Å². The molecule has 0 aliphatic heterocycles. The van der Waals surface area contributed by atoms with Gasteiger partial charge in [0.1, 0.15) is 5.76 Å². The van der Waals surface area contributed by atoms with Gasteiger partial charge in [-0.15, -0.1) is 0 Å². The number of furan rings is 1. The number of halogens is 1. The number of rotatable bonds is 5. The third-order valence-corrected chi connectivity index (χ3v) is 6.92. The van der Waals surface area contributed by atoms with Crippen LogP contribution >= 0.6 is 27.3 Å². The molecule has 0 aliphatic carbocycles. The van der Waals surface area contributed by atoms with Gasteiger partial charge in [-0.25, -0.2) is 13.4 Å². The van der Waals surface area contributed by atoms with Gasteiger partial charge < -0.3 is 4.42 Å². The first kappa shape index (κ1) is 19.8. The molecule has 148 valence electrons. The number of carbonyl (C=O) groups is 1. The van der Waals surface area contributed by atoms with Gasteiger partial charge >= 0.3 is 0 Å². The maximum Gasteiger partial charge on any atom is 0.260 e.